The number of hydrogen-bond donors (Lipinski definition) is 0. The van der Waals surface area contributed by atoms with Gasteiger partial charge in [-0.25, -0.2) is 0 Å². The first-order valence-corrected chi connectivity index (χ1v) is 6.10. The summed E-state index contributed by atoms with van der Waals surface area (Å²) in [4.78, 5) is 14.0. The molecule has 0 radical (unpaired) electrons. The van der Waals surface area contributed by atoms with E-state index < -0.39 is 4.92 Å². The molecule has 0 unspecified atom stereocenters. The highest BCUT2D eigenvalue weighted by Crippen LogP contribution is 2.20. The summed E-state index contributed by atoms with van der Waals surface area (Å²) in [7, 11) is 0. The molecule has 0 aliphatic carbocycles. The second kappa shape index (κ2) is 6.15. The van der Waals surface area contributed by atoms with Crippen molar-refractivity contribution >= 4 is 17.4 Å². The maximum Gasteiger partial charge on any atom is 0.368 e. The predicted octanol–water partition coefficient (Wildman–Crippen LogP) is 3.31. The molecule has 0 atom stereocenters. The average molecular weight is 279 g/mol. The van der Waals surface area contributed by atoms with Crippen molar-refractivity contribution in [2.75, 3.05) is 0 Å². The number of alkyl halides is 1. The monoisotopic (exact) mass is 278 g/mol. The number of nitro groups is 1. The lowest BCUT2D eigenvalue weighted by Crippen LogP contribution is -2.00. The molecule has 0 bridgehead atoms. The Morgan fingerprint density at radius 2 is 1.95 bits per heavy atom. The molecule has 1 aromatic heterocycles. The van der Waals surface area contributed by atoms with E-state index in [0.717, 1.165) is 5.56 Å². The number of nitrogens with zero attached hydrogens (tertiary/aromatic N) is 2. The van der Waals surface area contributed by atoms with Gasteiger partial charge in [-0.2, -0.15) is 0 Å². The van der Waals surface area contributed by atoms with Crippen LogP contribution in [0.1, 0.15) is 11.1 Å². The molecule has 0 saturated carbocycles. The summed E-state index contributed by atoms with van der Waals surface area (Å²) < 4.78 is 5.45. The fourth-order valence-electron chi connectivity index (χ4n) is 1.52. The fraction of sp³-hybridized carbons (Fsp3) is 0.154. The van der Waals surface area contributed by atoms with Crippen molar-refractivity contribution < 1.29 is 9.66 Å². The smallest absolute Gasteiger partial charge is 0.368 e. The minimum absolute atomic E-state index is 0.172. The van der Waals surface area contributed by atoms with Crippen LogP contribution in [0.3, 0.4) is 0 Å². The normalized spacial score (nSPS) is 10.2. The van der Waals surface area contributed by atoms with E-state index in [-0.39, 0.29) is 17.6 Å². The van der Waals surface area contributed by atoms with E-state index in [2.05, 4.69) is 4.98 Å². The van der Waals surface area contributed by atoms with Crippen molar-refractivity contribution in [3.05, 3.63) is 63.7 Å². The van der Waals surface area contributed by atoms with Crippen molar-refractivity contribution in [1.29, 1.82) is 0 Å². The van der Waals surface area contributed by atoms with Crippen LogP contribution in [-0.4, -0.2) is 9.91 Å². The molecule has 0 aliphatic heterocycles. The van der Waals surface area contributed by atoms with Gasteiger partial charge in [0.1, 0.15) is 6.61 Å². The average Bonchev–Trinajstić information content (AvgIpc) is 2.45. The Morgan fingerprint density at radius 1 is 1.21 bits per heavy atom. The van der Waals surface area contributed by atoms with Crippen LogP contribution in [0.15, 0.2) is 42.5 Å². The molecule has 0 spiro atoms. The Kier molecular flexibility index (Phi) is 4.30. The van der Waals surface area contributed by atoms with Gasteiger partial charge in [-0.3, -0.25) is 0 Å². The number of aromatic nitrogens is 1. The van der Waals surface area contributed by atoms with E-state index in [4.69, 9.17) is 16.3 Å². The molecule has 0 aliphatic rings. The standard InChI is InChI=1S/C13H11ClN2O3/c14-8-11-6-12(16(17)18)15-13(7-11)19-9-10-4-2-1-3-5-10/h1-7H,8-9H2. The van der Waals surface area contributed by atoms with Crippen LogP contribution in [0.5, 0.6) is 5.88 Å². The molecular formula is C13H11ClN2O3. The molecular weight excluding hydrogens is 268 g/mol. The van der Waals surface area contributed by atoms with Crippen molar-refractivity contribution in [2.24, 2.45) is 0 Å². The highest BCUT2D eigenvalue weighted by molar-refractivity contribution is 6.17. The highest BCUT2D eigenvalue weighted by atomic mass is 35.5. The topological polar surface area (TPSA) is 65.3 Å². The molecule has 2 rings (SSSR count). The number of halogens is 1. The number of pyridine rings is 1. The first-order valence-electron chi connectivity index (χ1n) is 5.57. The SMILES string of the molecule is O=[N+]([O-])c1cc(CCl)cc(OCc2ccccc2)n1. The van der Waals surface area contributed by atoms with Gasteiger partial charge in [0.2, 0.25) is 0 Å². The van der Waals surface area contributed by atoms with Gasteiger partial charge in [-0.15, -0.1) is 11.6 Å². The minimum atomic E-state index is -0.564. The summed E-state index contributed by atoms with van der Waals surface area (Å²) in [5.74, 6) is 0.111. The zero-order valence-electron chi connectivity index (χ0n) is 9.95. The first kappa shape index (κ1) is 13.3. The van der Waals surface area contributed by atoms with E-state index in [1.54, 1.807) is 6.07 Å². The van der Waals surface area contributed by atoms with Crippen LogP contribution in [0.2, 0.25) is 0 Å². The zero-order valence-corrected chi connectivity index (χ0v) is 10.7. The van der Waals surface area contributed by atoms with Crippen molar-refractivity contribution in [3.8, 4) is 5.88 Å². The molecule has 2 aromatic rings. The highest BCUT2D eigenvalue weighted by Gasteiger charge is 2.14. The van der Waals surface area contributed by atoms with Crippen LogP contribution in [0.25, 0.3) is 0 Å². The number of hydrogen-bond acceptors (Lipinski definition) is 4. The summed E-state index contributed by atoms with van der Waals surface area (Å²) >= 11 is 5.69. The Hall–Kier alpha value is -2.14. The van der Waals surface area contributed by atoms with E-state index >= 15 is 0 Å². The Labute approximate surface area is 115 Å². The third-order valence-corrected chi connectivity index (χ3v) is 2.73. The molecule has 0 amide bonds. The third-order valence-electron chi connectivity index (χ3n) is 2.42. The summed E-state index contributed by atoms with van der Waals surface area (Å²) in [6, 6.07) is 12.4. The fourth-order valence-corrected chi connectivity index (χ4v) is 1.67. The summed E-state index contributed by atoms with van der Waals surface area (Å²) in [6.07, 6.45) is 0. The molecule has 1 aromatic carbocycles. The Bertz CT molecular complexity index is 575. The van der Waals surface area contributed by atoms with Gasteiger partial charge in [-0.05, 0) is 16.1 Å². The number of rotatable bonds is 5. The van der Waals surface area contributed by atoms with E-state index in [1.807, 2.05) is 30.3 Å². The van der Waals surface area contributed by atoms with Crippen molar-refractivity contribution in [3.63, 3.8) is 0 Å². The summed E-state index contributed by atoms with van der Waals surface area (Å²) in [6.45, 7) is 0.302. The van der Waals surface area contributed by atoms with Gasteiger partial charge in [0.05, 0.1) is 0 Å². The van der Waals surface area contributed by atoms with Gasteiger partial charge in [0.25, 0.3) is 0 Å². The van der Waals surface area contributed by atoms with Gasteiger partial charge in [0, 0.05) is 23.0 Å². The predicted molar refractivity (Wildman–Crippen MR) is 71.2 cm³/mol. The molecule has 1 heterocycles. The third kappa shape index (κ3) is 3.66. The van der Waals surface area contributed by atoms with Crippen LogP contribution in [0, 0.1) is 10.1 Å². The molecule has 98 valence electrons. The number of ether oxygens (including phenoxy) is 1. The lowest BCUT2D eigenvalue weighted by molar-refractivity contribution is -0.389. The Morgan fingerprint density at radius 3 is 2.58 bits per heavy atom. The lowest BCUT2D eigenvalue weighted by atomic mass is 10.2. The quantitative estimate of drug-likeness (QED) is 0.478. The summed E-state index contributed by atoms with van der Waals surface area (Å²) in [5, 5.41) is 10.7. The molecule has 5 nitrogen and oxygen atoms in total. The van der Waals surface area contributed by atoms with Gasteiger partial charge < -0.3 is 14.9 Å². The van der Waals surface area contributed by atoms with Crippen LogP contribution < -0.4 is 4.74 Å². The first-order chi connectivity index (χ1) is 9.19. The molecule has 0 saturated heterocycles. The second-order valence-corrected chi connectivity index (χ2v) is 4.10. The molecule has 19 heavy (non-hydrogen) atoms. The minimum Gasteiger partial charge on any atom is -0.455 e. The van der Waals surface area contributed by atoms with Crippen LogP contribution >= 0.6 is 11.6 Å². The van der Waals surface area contributed by atoms with Crippen molar-refractivity contribution in [2.45, 2.75) is 12.5 Å². The van der Waals surface area contributed by atoms with Crippen molar-refractivity contribution in [1.82, 2.24) is 4.98 Å². The van der Waals surface area contributed by atoms with E-state index in [1.165, 1.54) is 6.07 Å². The van der Waals surface area contributed by atoms with Gasteiger partial charge in [0.15, 0.2) is 0 Å². The van der Waals surface area contributed by atoms with Gasteiger partial charge >= 0.3 is 11.7 Å². The zero-order chi connectivity index (χ0) is 13.7. The van der Waals surface area contributed by atoms with E-state index in [0.29, 0.717) is 12.2 Å². The molecule has 0 N–H and O–H groups in total. The van der Waals surface area contributed by atoms with Crippen LogP contribution in [0.4, 0.5) is 5.82 Å². The lowest BCUT2D eigenvalue weighted by Gasteiger charge is -2.03. The van der Waals surface area contributed by atoms with Gasteiger partial charge in [-0.1, -0.05) is 30.3 Å². The molecule has 6 heteroatoms. The maximum absolute atomic E-state index is 10.7. The van der Waals surface area contributed by atoms with Crippen LogP contribution in [-0.2, 0) is 12.5 Å². The molecule has 0 fully saturated rings. The summed E-state index contributed by atoms with van der Waals surface area (Å²) in [5.41, 5.74) is 1.56. The Balaban J connectivity index is 2.15. The largest absolute Gasteiger partial charge is 0.455 e. The second-order valence-electron chi connectivity index (χ2n) is 3.84. The maximum atomic E-state index is 10.7. The van der Waals surface area contributed by atoms with E-state index in [9.17, 15) is 10.1 Å². The number of benzene rings is 1.